The zero-order chi connectivity index (χ0) is 13.4. The number of hydrogen-bond donors (Lipinski definition) is 0. The predicted molar refractivity (Wildman–Crippen MR) is 63.2 cm³/mol. The van der Waals surface area contributed by atoms with Gasteiger partial charge in [-0.15, -0.1) is 11.3 Å². The van der Waals surface area contributed by atoms with Crippen LogP contribution >= 0.6 is 11.3 Å². The maximum absolute atomic E-state index is 12.6. The van der Waals surface area contributed by atoms with Gasteiger partial charge in [0, 0.05) is 16.8 Å². The van der Waals surface area contributed by atoms with Gasteiger partial charge in [-0.2, -0.15) is 13.2 Å². The zero-order valence-electron chi connectivity index (χ0n) is 10.6. The molecule has 6 heteroatoms. The molecule has 0 N–H and O–H groups in total. The highest BCUT2D eigenvalue weighted by atomic mass is 32.1. The van der Waals surface area contributed by atoms with Crippen LogP contribution in [-0.2, 0) is 18.1 Å². The van der Waals surface area contributed by atoms with Crippen LogP contribution in [0.2, 0.25) is 0 Å². The lowest BCUT2D eigenvalue weighted by molar-refractivity contribution is -0.137. The maximum atomic E-state index is 12.6. The monoisotopic (exact) mass is 266 g/mol. The van der Waals surface area contributed by atoms with Crippen molar-refractivity contribution >= 4 is 11.3 Å². The fourth-order valence-corrected chi connectivity index (χ4v) is 2.71. The van der Waals surface area contributed by atoms with E-state index in [0.29, 0.717) is 17.1 Å². The number of halogens is 3. The number of aromatic nitrogens is 1. The third kappa shape index (κ3) is 3.67. The second kappa shape index (κ2) is 4.57. The van der Waals surface area contributed by atoms with Crippen molar-refractivity contribution in [2.24, 2.45) is 0 Å². The molecule has 0 amide bonds. The Morgan fingerprint density at radius 2 is 1.71 bits per heavy atom. The molecule has 1 rings (SSSR count). The van der Waals surface area contributed by atoms with E-state index >= 15 is 0 Å². The number of nitrogens with zero attached hydrogens (tertiary/aromatic N) is 2. The van der Waals surface area contributed by atoms with E-state index in [4.69, 9.17) is 0 Å². The van der Waals surface area contributed by atoms with Crippen LogP contribution in [0.15, 0.2) is 0 Å². The van der Waals surface area contributed by atoms with Gasteiger partial charge >= 0.3 is 6.18 Å². The Hall–Kier alpha value is -0.620. The number of alkyl halides is 3. The van der Waals surface area contributed by atoms with Crippen LogP contribution < -0.4 is 0 Å². The summed E-state index contributed by atoms with van der Waals surface area (Å²) in [6.45, 7) is 6.12. The van der Waals surface area contributed by atoms with E-state index in [-0.39, 0.29) is 5.41 Å². The molecule has 0 aliphatic rings. The molecule has 2 nitrogen and oxygen atoms in total. The van der Waals surface area contributed by atoms with E-state index in [9.17, 15) is 13.2 Å². The Morgan fingerprint density at radius 1 is 1.18 bits per heavy atom. The molecule has 1 aromatic rings. The van der Waals surface area contributed by atoms with Gasteiger partial charge in [0.15, 0.2) is 5.01 Å². The molecule has 0 unspecified atom stereocenters. The quantitative estimate of drug-likeness (QED) is 0.814. The molecule has 0 bridgehead atoms. The first-order valence-electron chi connectivity index (χ1n) is 5.24. The zero-order valence-corrected chi connectivity index (χ0v) is 11.5. The van der Waals surface area contributed by atoms with Crippen molar-refractivity contribution in [2.75, 3.05) is 14.1 Å². The van der Waals surface area contributed by atoms with Crippen LogP contribution in [0.1, 0.15) is 36.3 Å². The van der Waals surface area contributed by atoms with Gasteiger partial charge in [-0.1, -0.05) is 20.8 Å². The van der Waals surface area contributed by atoms with E-state index in [1.807, 2.05) is 39.8 Å². The molecule has 0 radical (unpaired) electrons. The lowest BCUT2D eigenvalue weighted by atomic mass is 9.91. The second-order valence-electron chi connectivity index (χ2n) is 5.28. The first-order chi connectivity index (χ1) is 7.51. The van der Waals surface area contributed by atoms with Crippen LogP contribution in [0, 0.1) is 0 Å². The first-order valence-corrected chi connectivity index (χ1v) is 6.05. The van der Waals surface area contributed by atoms with Crippen LogP contribution in [0.3, 0.4) is 0 Å². The van der Waals surface area contributed by atoms with Gasteiger partial charge in [0.25, 0.3) is 0 Å². The Labute approximate surface area is 103 Å². The van der Waals surface area contributed by atoms with E-state index in [1.165, 1.54) is 0 Å². The minimum Gasteiger partial charge on any atom is -0.304 e. The van der Waals surface area contributed by atoms with Crippen molar-refractivity contribution in [3.63, 3.8) is 0 Å². The number of hydrogen-bond acceptors (Lipinski definition) is 3. The topological polar surface area (TPSA) is 16.1 Å². The average molecular weight is 266 g/mol. The fraction of sp³-hybridized carbons (Fsp3) is 0.727. The van der Waals surface area contributed by atoms with E-state index in [2.05, 4.69) is 4.98 Å². The number of rotatable bonds is 2. The first kappa shape index (κ1) is 14.4. The lowest BCUT2D eigenvalue weighted by Crippen LogP contribution is -2.18. The summed E-state index contributed by atoms with van der Waals surface area (Å²) in [4.78, 5) is 6.31. The van der Waals surface area contributed by atoms with Gasteiger partial charge in [-0.05, 0) is 14.1 Å². The molecule has 1 aromatic heterocycles. The maximum Gasteiger partial charge on any atom is 0.443 e. The Kier molecular flexibility index (Phi) is 3.88. The molecule has 0 atom stereocenters. The normalized spacial score (nSPS) is 13.5. The third-order valence-corrected chi connectivity index (χ3v) is 3.20. The third-order valence-electron chi connectivity index (χ3n) is 2.11. The van der Waals surface area contributed by atoms with Gasteiger partial charge in [0.05, 0.1) is 5.69 Å². The summed E-state index contributed by atoms with van der Waals surface area (Å²) >= 11 is 0.744. The summed E-state index contributed by atoms with van der Waals surface area (Å²) in [7, 11) is 3.67. The smallest absolute Gasteiger partial charge is 0.304 e. The van der Waals surface area contributed by atoms with Crippen molar-refractivity contribution in [3.8, 4) is 0 Å². The highest BCUT2D eigenvalue weighted by Crippen LogP contribution is 2.38. The molecule has 98 valence electrons. The second-order valence-corrected chi connectivity index (χ2v) is 6.36. The van der Waals surface area contributed by atoms with Crippen molar-refractivity contribution in [2.45, 2.75) is 38.9 Å². The molecule has 1 heterocycles. The summed E-state index contributed by atoms with van der Waals surface area (Å²) in [5, 5.41) is -0.751. The standard InChI is InChI=1S/C11H17F3N2S/c1-10(2,3)8-7(6-16(4)5)17-9(15-8)11(12,13)14/h6H2,1-5H3. The van der Waals surface area contributed by atoms with Crippen LogP contribution in [0.4, 0.5) is 13.2 Å². The molecule has 17 heavy (non-hydrogen) atoms. The Balaban J connectivity index is 3.22. The summed E-state index contributed by atoms with van der Waals surface area (Å²) in [6, 6.07) is 0. The van der Waals surface area contributed by atoms with Crippen molar-refractivity contribution in [1.82, 2.24) is 9.88 Å². The van der Waals surface area contributed by atoms with E-state index in [0.717, 1.165) is 11.3 Å². The summed E-state index contributed by atoms with van der Waals surface area (Å²) in [6.07, 6.45) is -4.35. The van der Waals surface area contributed by atoms with Crippen molar-refractivity contribution < 1.29 is 13.2 Å². The Morgan fingerprint density at radius 3 is 2.06 bits per heavy atom. The molecule has 0 spiro atoms. The molecule has 0 aliphatic carbocycles. The fourth-order valence-electron chi connectivity index (χ4n) is 1.45. The predicted octanol–water partition coefficient (Wildman–Crippen LogP) is 3.52. The van der Waals surface area contributed by atoms with Gasteiger partial charge in [-0.3, -0.25) is 0 Å². The van der Waals surface area contributed by atoms with E-state index in [1.54, 1.807) is 0 Å². The highest BCUT2D eigenvalue weighted by molar-refractivity contribution is 7.11. The summed E-state index contributed by atoms with van der Waals surface area (Å²) < 4.78 is 37.9. The highest BCUT2D eigenvalue weighted by Gasteiger charge is 2.37. The van der Waals surface area contributed by atoms with E-state index < -0.39 is 11.2 Å². The SMILES string of the molecule is CN(C)Cc1sc(C(F)(F)F)nc1C(C)(C)C. The van der Waals surface area contributed by atoms with Gasteiger partial charge in [0.1, 0.15) is 0 Å². The molecule has 0 saturated carbocycles. The van der Waals surface area contributed by atoms with Crippen LogP contribution in [0.25, 0.3) is 0 Å². The summed E-state index contributed by atoms with van der Waals surface area (Å²) in [5.41, 5.74) is 0.175. The van der Waals surface area contributed by atoms with Crippen molar-refractivity contribution in [3.05, 3.63) is 15.6 Å². The minimum atomic E-state index is -4.35. The average Bonchev–Trinajstić information content (AvgIpc) is 2.44. The molecule has 0 fully saturated rings. The molecule has 0 aromatic carbocycles. The molecule has 0 aliphatic heterocycles. The molecular formula is C11H17F3N2S. The van der Waals surface area contributed by atoms with Gasteiger partial charge in [-0.25, -0.2) is 4.98 Å². The van der Waals surface area contributed by atoms with Gasteiger partial charge < -0.3 is 4.90 Å². The van der Waals surface area contributed by atoms with Gasteiger partial charge in [0.2, 0.25) is 0 Å². The number of thiazole rings is 1. The lowest BCUT2D eigenvalue weighted by Gasteiger charge is -2.19. The van der Waals surface area contributed by atoms with Crippen molar-refractivity contribution in [1.29, 1.82) is 0 Å². The Bertz CT molecular complexity index is 388. The summed E-state index contributed by atoms with van der Waals surface area (Å²) in [5.74, 6) is 0. The van der Waals surface area contributed by atoms with Crippen LogP contribution in [0.5, 0.6) is 0 Å². The largest absolute Gasteiger partial charge is 0.443 e. The minimum absolute atomic E-state index is 0.370. The van der Waals surface area contributed by atoms with Crippen LogP contribution in [-0.4, -0.2) is 24.0 Å². The molecule has 0 saturated heterocycles. The molecular weight excluding hydrogens is 249 g/mol.